The third kappa shape index (κ3) is 6.18. The van der Waals surface area contributed by atoms with Gasteiger partial charge in [0.2, 0.25) is 3.79 Å². The average molecular weight is 498 g/mol. The standard InChI is InChI=1S/C20H15Cl3N4O3S/c21-20(22,23)18(25-17(28)13-6-9-16(10-7-13)27(29)30)26-19(31)24-15-8-5-12-3-1-2-4-14(12)11-15/h1-11,18H,(H,25,28)(H2,24,26,31). The molecule has 0 bridgehead atoms. The first-order chi connectivity index (χ1) is 14.6. The van der Waals surface area contributed by atoms with Crippen LogP contribution in [-0.2, 0) is 0 Å². The first kappa shape index (κ1) is 23.0. The lowest BCUT2D eigenvalue weighted by atomic mass is 10.1. The maximum absolute atomic E-state index is 12.5. The van der Waals surface area contributed by atoms with Crippen LogP contribution < -0.4 is 16.0 Å². The van der Waals surface area contributed by atoms with Gasteiger partial charge in [0.1, 0.15) is 6.17 Å². The highest BCUT2D eigenvalue weighted by atomic mass is 35.6. The van der Waals surface area contributed by atoms with Crippen molar-refractivity contribution in [1.29, 1.82) is 0 Å². The van der Waals surface area contributed by atoms with Crippen LogP contribution in [0, 0.1) is 10.1 Å². The highest BCUT2D eigenvalue weighted by Gasteiger charge is 2.35. The van der Waals surface area contributed by atoms with Crippen LogP contribution in [0.2, 0.25) is 0 Å². The predicted molar refractivity (Wildman–Crippen MR) is 128 cm³/mol. The monoisotopic (exact) mass is 496 g/mol. The molecule has 0 saturated heterocycles. The number of thiocarbonyl (C=S) groups is 1. The summed E-state index contributed by atoms with van der Waals surface area (Å²) in [5, 5.41) is 21.2. The summed E-state index contributed by atoms with van der Waals surface area (Å²) in [6.45, 7) is 0. The van der Waals surface area contributed by atoms with Crippen molar-refractivity contribution >= 4 is 80.2 Å². The van der Waals surface area contributed by atoms with E-state index in [1.807, 2.05) is 42.5 Å². The van der Waals surface area contributed by atoms with Crippen molar-refractivity contribution in [1.82, 2.24) is 10.6 Å². The van der Waals surface area contributed by atoms with E-state index in [4.69, 9.17) is 47.0 Å². The Morgan fingerprint density at radius 1 is 0.968 bits per heavy atom. The van der Waals surface area contributed by atoms with E-state index in [9.17, 15) is 14.9 Å². The zero-order chi connectivity index (χ0) is 22.6. The van der Waals surface area contributed by atoms with Crippen molar-refractivity contribution in [3.63, 3.8) is 0 Å². The van der Waals surface area contributed by atoms with Crippen LogP contribution in [0.15, 0.2) is 66.7 Å². The highest BCUT2D eigenvalue weighted by molar-refractivity contribution is 7.80. The minimum atomic E-state index is -1.94. The first-order valence-corrected chi connectivity index (χ1v) is 10.4. The summed E-state index contributed by atoms with van der Waals surface area (Å²) in [6.07, 6.45) is -1.18. The van der Waals surface area contributed by atoms with Gasteiger partial charge in [0.25, 0.3) is 11.6 Å². The van der Waals surface area contributed by atoms with E-state index in [-0.39, 0.29) is 16.4 Å². The van der Waals surface area contributed by atoms with Crippen LogP contribution >= 0.6 is 47.0 Å². The van der Waals surface area contributed by atoms with Gasteiger partial charge in [-0.25, -0.2) is 0 Å². The Balaban J connectivity index is 1.69. The lowest BCUT2D eigenvalue weighted by molar-refractivity contribution is -0.384. The Hall–Kier alpha value is -2.65. The number of carbonyl (C=O) groups excluding carboxylic acids is 1. The fourth-order valence-electron chi connectivity index (χ4n) is 2.71. The lowest BCUT2D eigenvalue weighted by Gasteiger charge is -2.27. The van der Waals surface area contributed by atoms with Crippen molar-refractivity contribution in [2.24, 2.45) is 0 Å². The predicted octanol–water partition coefficient (Wildman–Crippen LogP) is 5.16. The number of hydrogen-bond donors (Lipinski definition) is 3. The van der Waals surface area contributed by atoms with Gasteiger partial charge in [-0.05, 0) is 47.3 Å². The third-order valence-corrected chi connectivity index (χ3v) is 5.10. The lowest BCUT2D eigenvalue weighted by Crippen LogP contribution is -2.56. The average Bonchev–Trinajstić information content (AvgIpc) is 2.72. The van der Waals surface area contributed by atoms with Gasteiger partial charge >= 0.3 is 0 Å². The van der Waals surface area contributed by atoms with E-state index >= 15 is 0 Å². The molecule has 3 aromatic carbocycles. The summed E-state index contributed by atoms with van der Waals surface area (Å²) in [5.74, 6) is -0.604. The van der Waals surface area contributed by atoms with Crippen LogP contribution in [0.1, 0.15) is 10.4 Å². The summed E-state index contributed by atoms with van der Waals surface area (Å²) < 4.78 is -1.94. The number of nitrogens with one attached hydrogen (secondary N) is 3. The van der Waals surface area contributed by atoms with E-state index in [1.165, 1.54) is 24.3 Å². The molecule has 31 heavy (non-hydrogen) atoms. The Morgan fingerprint density at radius 3 is 2.23 bits per heavy atom. The maximum atomic E-state index is 12.5. The van der Waals surface area contributed by atoms with Crippen LogP contribution in [0.4, 0.5) is 11.4 Å². The van der Waals surface area contributed by atoms with Crippen molar-refractivity contribution in [2.75, 3.05) is 5.32 Å². The maximum Gasteiger partial charge on any atom is 0.269 e. The molecule has 0 spiro atoms. The quantitative estimate of drug-likeness (QED) is 0.148. The minimum absolute atomic E-state index is 0.121. The molecule has 3 aromatic rings. The molecule has 0 aliphatic heterocycles. The zero-order valence-corrected chi connectivity index (χ0v) is 18.7. The number of anilines is 1. The molecule has 3 rings (SSSR count). The fourth-order valence-corrected chi connectivity index (χ4v) is 3.28. The number of carbonyl (C=O) groups is 1. The molecular formula is C20H15Cl3N4O3S. The third-order valence-electron chi connectivity index (χ3n) is 4.23. The highest BCUT2D eigenvalue weighted by Crippen LogP contribution is 2.29. The molecule has 1 atom stereocenters. The Kier molecular flexibility index (Phi) is 7.17. The van der Waals surface area contributed by atoms with Crippen molar-refractivity contribution in [3.05, 3.63) is 82.4 Å². The van der Waals surface area contributed by atoms with Gasteiger partial charge in [0, 0.05) is 23.4 Å². The number of halogens is 3. The summed E-state index contributed by atoms with van der Waals surface area (Å²) >= 11 is 23.3. The van der Waals surface area contributed by atoms with Crippen molar-refractivity contribution in [3.8, 4) is 0 Å². The number of amides is 1. The molecule has 0 fully saturated rings. The smallest absolute Gasteiger partial charge is 0.269 e. The molecule has 0 aromatic heterocycles. The van der Waals surface area contributed by atoms with Gasteiger partial charge in [-0.3, -0.25) is 14.9 Å². The second-order valence-electron chi connectivity index (χ2n) is 6.41. The zero-order valence-electron chi connectivity index (χ0n) is 15.6. The van der Waals surface area contributed by atoms with E-state index in [1.54, 1.807) is 0 Å². The minimum Gasteiger partial charge on any atom is -0.339 e. The largest absolute Gasteiger partial charge is 0.339 e. The van der Waals surface area contributed by atoms with Crippen LogP contribution in [0.25, 0.3) is 10.8 Å². The molecular weight excluding hydrogens is 483 g/mol. The van der Waals surface area contributed by atoms with Crippen molar-refractivity contribution in [2.45, 2.75) is 9.96 Å². The van der Waals surface area contributed by atoms with Crippen LogP contribution in [0.5, 0.6) is 0 Å². The van der Waals surface area contributed by atoms with Gasteiger partial charge in [-0.1, -0.05) is 65.1 Å². The molecule has 1 unspecified atom stereocenters. The molecule has 1 amide bonds. The van der Waals surface area contributed by atoms with E-state index in [2.05, 4.69) is 16.0 Å². The SMILES string of the molecule is O=C(NC(NC(=S)Nc1ccc2ccccc2c1)C(Cl)(Cl)Cl)c1ccc([N+](=O)[O-])cc1. The molecule has 0 radical (unpaired) electrons. The van der Waals surface area contributed by atoms with Gasteiger partial charge in [-0.2, -0.15) is 0 Å². The van der Waals surface area contributed by atoms with E-state index < -0.39 is 20.8 Å². The summed E-state index contributed by atoms with van der Waals surface area (Å²) in [4.78, 5) is 22.7. The number of nitrogens with zero attached hydrogens (tertiary/aromatic N) is 1. The van der Waals surface area contributed by atoms with Gasteiger partial charge in [0.15, 0.2) is 5.11 Å². The topological polar surface area (TPSA) is 96.3 Å². The summed E-state index contributed by atoms with van der Waals surface area (Å²) in [5.41, 5.74) is 0.717. The summed E-state index contributed by atoms with van der Waals surface area (Å²) in [7, 11) is 0. The molecule has 0 aliphatic carbocycles. The van der Waals surface area contributed by atoms with Gasteiger partial charge < -0.3 is 16.0 Å². The van der Waals surface area contributed by atoms with E-state index in [0.717, 1.165) is 10.8 Å². The molecule has 0 aliphatic rings. The first-order valence-electron chi connectivity index (χ1n) is 8.82. The number of hydrogen-bond acceptors (Lipinski definition) is 4. The molecule has 0 saturated carbocycles. The number of benzene rings is 3. The normalized spacial score (nSPS) is 12.1. The molecule has 11 heteroatoms. The molecule has 0 heterocycles. The molecule has 7 nitrogen and oxygen atoms in total. The molecule has 3 N–H and O–H groups in total. The number of non-ortho nitro benzene ring substituents is 1. The van der Waals surface area contributed by atoms with E-state index in [0.29, 0.717) is 5.69 Å². The number of fused-ring (bicyclic) bond motifs is 1. The van der Waals surface area contributed by atoms with Crippen molar-refractivity contribution < 1.29 is 9.72 Å². The number of rotatable bonds is 5. The number of nitro groups is 1. The second kappa shape index (κ2) is 9.65. The Bertz CT molecular complexity index is 1140. The number of alkyl halides is 3. The van der Waals surface area contributed by atoms with Gasteiger partial charge in [0.05, 0.1) is 4.92 Å². The summed E-state index contributed by atoms with van der Waals surface area (Å²) in [6, 6.07) is 18.5. The second-order valence-corrected chi connectivity index (χ2v) is 9.19. The Morgan fingerprint density at radius 2 is 1.61 bits per heavy atom. The number of nitro benzene ring substituents is 1. The fraction of sp³-hybridized carbons (Fsp3) is 0.100. The molecule has 160 valence electrons. The van der Waals surface area contributed by atoms with Gasteiger partial charge in [-0.15, -0.1) is 0 Å². The van der Waals surface area contributed by atoms with Crippen LogP contribution in [-0.4, -0.2) is 25.9 Å². The Labute approximate surface area is 197 Å². The van der Waals surface area contributed by atoms with Crippen LogP contribution in [0.3, 0.4) is 0 Å².